The third-order valence-corrected chi connectivity index (χ3v) is 3.07. The van der Waals surface area contributed by atoms with E-state index in [-0.39, 0.29) is 5.92 Å². The lowest BCUT2D eigenvalue weighted by Gasteiger charge is -2.22. The fourth-order valence-electron chi connectivity index (χ4n) is 1.22. The van der Waals surface area contributed by atoms with Gasteiger partial charge >= 0.3 is 5.97 Å². The van der Waals surface area contributed by atoms with Gasteiger partial charge < -0.3 is 5.11 Å². The van der Waals surface area contributed by atoms with E-state index in [0.29, 0.717) is 5.25 Å². The summed E-state index contributed by atoms with van der Waals surface area (Å²) in [6.07, 6.45) is 1.70. The molecule has 0 radical (unpaired) electrons. The summed E-state index contributed by atoms with van der Waals surface area (Å²) < 4.78 is 0. The Hall–Kier alpha value is -0.180. The van der Waals surface area contributed by atoms with E-state index in [2.05, 4.69) is 6.92 Å². The summed E-state index contributed by atoms with van der Waals surface area (Å²) in [5.41, 5.74) is 0. The van der Waals surface area contributed by atoms with Gasteiger partial charge in [0, 0.05) is 5.25 Å². The van der Waals surface area contributed by atoms with E-state index in [9.17, 15) is 4.79 Å². The van der Waals surface area contributed by atoms with Crippen molar-refractivity contribution in [2.75, 3.05) is 5.75 Å². The number of hydrogen-bond donors (Lipinski definition) is 1. The van der Waals surface area contributed by atoms with Crippen molar-refractivity contribution in [3.05, 3.63) is 0 Å². The minimum Gasteiger partial charge on any atom is -0.481 e. The lowest BCUT2D eigenvalue weighted by atomic mass is 10.0. The molecule has 10 heavy (non-hydrogen) atoms. The molecule has 58 valence electrons. The molecule has 2 unspecified atom stereocenters. The molecule has 0 amide bonds. The Labute approximate surface area is 65.0 Å². The van der Waals surface area contributed by atoms with Crippen LogP contribution in [0, 0.1) is 5.92 Å². The van der Waals surface area contributed by atoms with Crippen molar-refractivity contribution >= 4 is 17.7 Å². The van der Waals surface area contributed by atoms with Crippen LogP contribution in [-0.2, 0) is 4.79 Å². The normalized spacial score (nSPS) is 33.7. The Morgan fingerprint density at radius 3 is 2.80 bits per heavy atom. The molecule has 0 bridgehead atoms. The van der Waals surface area contributed by atoms with Gasteiger partial charge in [-0.1, -0.05) is 6.92 Å². The number of aliphatic carboxylic acids is 1. The van der Waals surface area contributed by atoms with Crippen molar-refractivity contribution < 1.29 is 9.90 Å². The van der Waals surface area contributed by atoms with Crippen LogP contribution in [-0.4, -0.2) is 22.1 Å². The van der Waals surface area contributed by atoms with E-state index < -0.39 is 5.97 Å². The van der Waals surface area contributed by atoms with Gasteiger partial charge in [-0.15, -0.1) is 0 Å². The maximum Gasteiger partial charge on any atom is 0.306 e. The molecule has 2 atom stereocenters. The highest BCUT2D eigenvalue weighted by atomic mass is 32.2. The molecule has 1 aliphatic heterocycles. The minimum atomic E-state index is -0.618. The van der Waals surface area contributed by atoms with Gasteiger partial charge in [0.15, 0.2) is 0 Å². The van der Waals surface area contributed by atoms with Gasteiger partial charge in [-0.05, 0) is 18.6 Å². The molecule has 1 fully saturated rings. The van der Waals surface area contributed by atoms with E-state index in [1.165, 1.54) is 0 Å². The van der Waals surface area contributed by atoms with Crippen LogP contribution in [0.5, 0.6) is 0 Å². The third-order valence-electron chi connectivity index (χ3n) is 1.83. The number of thioether (sulfide) groups is 1. The zero-order valence-corrected chi connectivity index (χ0v) is 6.86. The first-order valence-corrected chi connectivity index (χ1v) is 4.59. The first-order chi connectivity index (χ1) is 4.70. The van der Waals surface area contributed by atoms with Gasteiger partial charge in [0.05, 0.1) is 5.92 Å². The molecule has 1 heterocycles. The fourth-order valence-corrected chi connectivity index (χ4v) is 2.41. The second-order valence-corrected chi connectivity index (χ2v) is 4.29. The summed E-state index contributed by atoms with van der Waals surface area (Å²) >= 11 is 1.88. The van der Waals surface area contributed by atoms with Crippen LogP contribution in [0.3, 0.4) is 0 Å². The second-order valence-electron chi connectivity index (χ2n) is 2.74. The van der Waals surface area contributed by atoms with Crippen molar-refractivity contribution in [3.8, 4) is 0 Å². The standard InChI is InChI=1S/C7H12O2S/c1-5-4-6(7(8)9)2-3-10-5/h5-6H,2-4H2,1H3,(H,8,9). The molecule has 0 aromatic carbocycles. The molecule has 1 N–H and O–H groups in total. The Morgan fingerprint density at radius 2 is 2.40 bits per heavy atom. The molecule has 0 aromatic rings. The first-order valence-electron chi connectivity index (χ1n) is 3.54. The lowest BCUT2D eigenvalue weighted by Crippen LogP contribution is -2.22. The van der Waals surface area contributed by atoms with Crippen LogP contribution >= 0.6 is 11.8 Å². The molecule has 1 aliphatic rings. The van der Waals surface area contributed by atoms with Crippen LogP contribution in [0.15, 0.2) is 0 Å². The van der Waals surface area contributed by atoms with E-state index in [1.54, 1.807) is 0 Å². The quantitative estimate of drug-likeness (QED) is 0.633. The minimum absolute atomic E-state index is 0.0729. The van der Waals surface area contributed by atoms with Gasteiger partial charge in [0.1, 0.15) is 0 Å². The van der Waals surface area contributed by atoms with Crippen molar-refractivity contribution in [2.24, 2.45) is 5.92 Å². The van der Waals surface area contributed by atoms with Gasteiger partial charge in [-0.25, -0.2) is 0 Å². The Kier molecular flexibility index (Phi) is 2.60. The molecule has 0 spiro atoms. The maximum absolute atomic E-state index is 10.5. The summed E-state index contributed by atoms with van der Waals surface area (Å²) in [4.78, 5) is 10.5. The average Bonchev–Trinajstić information content (AvgIpc) is 1.88. The topological polar surface area (TPSA) is 37.3 Å². The molecule has 0 saturated carbocycles. The van der Waals surface area contributed by atoms with Gasteiger partial charge in [-0.3, -0.25) is 4.79 Å². The van der Waals surface area contributed by atoms with Crippen LogP contribution < -0.4 is 0 Å². The number of carbonyl (C=O) groups is 1. The fraction of sp³-hybridized carbons (Fsp3) is 0.857. The summed E-state index contributed by atoms with van der Waals surface area (Å²) in [6.45, 7) is 2.10. The monoisotopic (exact) mass is 160 g/mol. The Morgan fingerprint density at radius 1 is 1.70 bits per heavy atom. The zero-order chi connectivity index (χ0) is 7.56. The predicted octanol–water partition coefficient (Wildman–Crippen LogP) is 1.60. The van der Waals surface area contributed by atoms with Crippen LogP contribution in [0.25, 0.3) is 0 Å². The highest BCUT2D eigenvalue weighted by Gasteiger charge is 2.24. The number of rotatable bonds is 1. The molecule has 1 rings (SSSR count). The summed E-state index contributed by atoms with van der Waals surface area (Å²) in [5.74, 6) is 0.321. The lowest BCUT2D eigenvalue weighted by molar-refractivity contribution is -0.142. The largest absolute Gasteiger partial charge is 0.481 e. The van der Waals surface area contributed by atoms with Crippen molar-refractivity contribution in [1.82, 2.24) is 0 Å². The Bertz CT molecular complexity index is 136. The van der Waals surface area contributed by atoms with Gasteiger partial charge in [0.2, 0.25) is 0 Å². The van der Waals surface area contributed by atoms with E-state index in [4.69, 9.17) is 5.11 Å². The van der Waals surface area contributed by atoms with Crippen molar-refractivity contribution in [1.29, 1.82) is 0 Å². The Balaban J connectivity index is 2.39. The third kappa shape index (κ3) is 1.90. The van der Waals surface area contributed by atoms with Crippen LogP contribution in [0.4, 0.5) is 0 Å². The van der Waals surface area contributed by atoms with Crippen molar-refractivity contribution in [2.45, 2.75) is 25.0 Å². The molecular formula is C7H12O2S. The average molecular weight is 160 g/mol. The van der Waals surface area contributed by atoms with Crippen LogP contribution in [0.1, 0.15) is 19.8 Å². The molecule has 0 aromatic heterocycles. The second kappa shape index (κ2) is 3.28. The van der Waals surface area contributed by atoms with Gasteiger partial charge in [0.25, 0.3) is 0 Å². The van der Waals surface area contributed by atoms with Crippen LogP contribution in [0.2, 0.25) is 0 Å². The van der Waals surface area contributed by atoms with Gasteiger partial charge in [-0.2, -0.15) is 11.8 Å². The van der Waals surface area contributed by atoms with Crippen molar-refractivity contribution in [3.63, 3.8) is 0 Å². The summed E-state index contributed by atoms with van der Waals surface area (Å²) in [7, 11) is 0. The number of carboxylic acids is 1. The van der Waals surface area contributed by atoms with E-state index in [0.717, 1.165) is 18.6 Å². The number of carboxylic acid groups (broad SMARTS) is 1. The highest BCUT2D eigenvalue weighted by molar-refractivity contribution is 7.99. The smallest absolute Gasteiger partial charge is 0.306 e. The first kappa shape index (κ1) is 7.92. The summed E-state index contributed by atoms with van der Waals surface area (Å²) in [6, 6.07) is 0. The SMILES string of the molecule is CC1CC(C(=O)O)CCS1. The number of hydrogen-bond acceptors (Lipinski definition) is 2. The zero-order valence-electron chi connectivity index (χ0n) is 6.04. The molecular weight excluding hydrogens is 148 g/mol. The molecule has 2 nitrogen and oxygen atoms in total. The molecule has 3 heteroatoms. The van der Waals surface area contributed by atoms with E-state index >= 15 is 0 Å². The van der Waals surface area contributed by atoms with E-state index in [1.807, 2.05) is 11.8 Å². The molecule has 1 saturated heterocycles. The summed E-state index contributed by atoms with van der Waals surface area (Å²) in [5, 5.41) is 9.18. The predicted molar refractivity (Wildman–Crippen MR) is 42.3 cm³/mol. The highest BCUT2D eigenvalue weighted by Crippen LogP contribution is 2.28. The maximum atomic E-state index is 10.5. The molecule has 0 aliphatic carbocycles.